The van der Waals surface area contributed by atoms with Gasteiger partial charge in [0.25, 0.3) is 0 Å². The van der Waals surface area contributed by atoms with E-state index in [-0.39, 0.29) is 0 Å². The van der Waals surface area contributed by atoms with E-state index in [1.165, 1.54) is 0 Å². The van der Waals surface area contributed by atoms with Gasteiger partial charge in [-0.2, -0.15) is 0 Å². The molecule has 2 heteroatoms. The summed E-state index contributed by atoms with van der Waals surface area (Å²) in [5.41, 5.74) is 0. The van der Waals surface area contributed by atoms with Crippen molar-refractivity contribution in [1.82, 2.24) is 0 Å². The van der Waals surface area contributed by atoms with Gasteiger partial charge < -0.3 is 4.57 Å². The largest absolute Gasteiger partial charge is 0.319 e. The van der Waals surface area contributed by atoms with Crippen LogP contribution in [0.15, 0.2) is 11.4 Å². The lowest BCUT2D eigenvalue weighted by molar-refractivity contribution is 0.584. The third-order valence-electron chi connectivity index (χ3n) is 1.74. The van der Waals surface area contributed by atoms with E-state index in [9.17, 15) is 4.57 Å². The van der Waals surface area contributed by atoms with E-state index in [1.54, 1.807) is 0 Å². The van der Waals surface area contributed by atoms with Crippen LogP contribution in [0, 0.1) is 0 Å². The van der Waals surface area contributed by atoms with Crippen LogP contribution in [0.25, 0.3) is 0 Å². The summed E-state index contributed by atoms with van der Waals surface area (Å²) in [6.07, 6.45) is 4.01. The van der Waals surface area contributed by atoms with Crippen LogP contribution in [0.5, 0.6) is 0 Å². The first-order valence-corrected chi connectivity index (χ1v) is 5.21. The zero-order valence-electron chi connectivity index (χ0n) is 5.35. The second kappa shape index (κ2) is 1.73. The van der Waals surface area contributed by atoms with Crippen molar-refractivity contribution >= 4 is 7.14 Å². The van der Waals surface area contributed by atoms with Gasteiger partial charge in [0.2, 0.25) is 0 Å². The molecule has 0 saturated heterocycles. The maximum Gasteiger partial charge on any atom is 0.108 e. The monoisotopic (exact) mass is 130 g/mol. The highest BCUT2D eigenvalue weighted by Gasteiger charge is 2.20. The highest BCUT2D eigenvalue weighted by Crippen LogP contribution is 2.54. The van der Waals surface area contributed by atoms with Crippen molar-refractivity contribution in [3.05, 3.63) is 11.4 Å². The fourth-order valence-corrected chi connectivity index (χ4v) is 2.38. The van der Waals surface area contributed by atoms with E-state index < -0.39 is 7.14 Å². The van der Waals surface area contributed by atoms with Crippen molar-refractivity contribution in [3.63, 3.8) is 0 Å². The van der Waals surface area contributed by atoms with Crippen LogP contribution >= 0.6 is 7.14 Å². The predicted octanol–water partition coefficient (Wildman–Crippen LogP) is 2.29. The Morgan fingerprint density at radius 1 is 1.75 bits per heavy atom. The Morgan fingerprint density at radius 2 is 2.38 bits per heavy atom. The van der Waals surface area contributed by atoms with Crippen LogP contribution in [0.1, 0.15) is 13.3 Å². The molecule has 0 amide bonds. The van der Waals surface area contributed by atoms with Gasteiger partial charge in [-0.25, -0.2) is 0 Å². The van der Waals surface area contributed by atoms with Gasteiger partial charge in [-0.1, -0.05) is 6.08 Å². The van der Waals surface area contributed by atoms with E-state index in [0.29, 0.717) is 0 Å². The summed E-state index contributed by atoms with van der Waals surface area (Å²) in [6.45, 7) is 3.83. The summed E-state index contributed by atoms with van der Waals surface area (Å²) < 4.78 is 11.3. The molecular formula is C6H11OP. The first-order chi connectivity index (χ1) is 3.63. The molecular weight excluding hydrogens is 119 g/mol. The quantitative estimate of drug-likeness (QED) is 0.460. The third-order valence-corrected chi connectivity index (χ3v) is 4.53. The Balaban J connectivity index is 2.90. The lowest BCUT2D eigenvalue weighted by Crippen LogP contribution is -1.76. The SMILES string of the molecule is CC1=CCC[P@]1(C)=O. The Hall–Kier alpha value is -0.0300. The molecule has 1 heterocycles. The lowest BCUT2D eigenvalue weighted by Gasteiger charge is -2.02. The average molecular weight is 130 g/mol. The Kier molecular flexibility index (Phi) is 1.32. The fourth-order valence-electron chi connectivity index (χ4n) is 0.889. The van der Waals surface area contributed by atoms with Gasteiger partial charge in [0.1, 0.15) is 7.14 Å². The molecule has 0 unspecified atom stereocenters. The number of allylic oxidation sites excluding steroid dienone is 2. The van der Waals surface area contributed by atoms with E-state index in [1.807, 2.05) is 13.6 Å². The van der Waals surface area contributed by atoms with Gasteiger partial charge in [-0.05, 0) is 25.3 Å². The van der Waals surface area contributed by atoms with Crippen LogP contribution in [0.4, 0.5) is 0 Å². The molecule has 0 bridgehead atoms. The normalized spacial score (nSPS) is 37.5. The molecule has 46 valence electrons. The molecule has 0 saturated carbocycles. The minimum Gasteiger partial charge on any atom is -0.319 e. The zero-order chi connectivity index (χ0) is 6.20. The van der Waals surface area contributed by atoms with Gasteiger partial charge in [0.15, 0.2) is 0 Å². The predicted molar refractivity (Wildman–Crippen MR) is 36.8 cm³/mol. The molecule has 8 heavy (non-hydrogen) atoms. The molecule has 0 radical (unpaired) electrons. The van der Waals surface area contributed by atoms with E-state index in [0.717, 1.165) is 17.9 Å². The van der Waals surface area contributed by atoms with Crippen LogP contribution < -0.4 is 0 Å². The Labute approximate surface area is 50.2 Å². The summed E-state index contributed by atoms with van der Waals surface area (Å²) in [7, 11) is -1.77. The van der Waals surface area contributed by atoms with Gasteiger partial charge in [0, 0.05) is 6.16 Å². The summed E-state index contributed by atoms with van der Waals surface area (Å²) in [5, 5.41) is 1.12. The molecule has 0 aromatic rings. The molecule has 0 aromatic carbocycles. The maximum atomic E-state index is 11.3. The number of hydrogen-bond donors (Lipinski definition) is 0. The summed E-state index contributed by atoms with van der Waals surface area (Å²) in [4.78, 5) is 0. The molecule has 0 aliphatic carbocycles. The third kappa shape index (κ3) is 0.877. The smallest absolute Gasteiger partial charge is 0.108 e. The van der Waals surface area contributed by atoms with Gasteiger partial charge in [0.05, 0.1) is 0 Å². The zero-order valence-corrected chi connectivity index (χ0v) is 6.24. The van der Waals surface area contributed by atoms with E-state index >= 15 is 0 Å². The van der Waals surface area contributed by atoms with Crippen LogP contribution in [-0.4, -0.2) is 12.8 Å². The molecule has 1 aliphatic heterocycles. The fraction of sp³-hybridized carbons (Fsp3) is 0.667. The van der Waals surface area contributed by atoms with Gasteiger partial charge in [-0.15, -0.1) is 0 Å². The first-order valence-electron chi connectivity index (χ1n) is 2.87. The lowest BCUT2D eigenvalue weighted by atomic mass is 10.4. The maximum absolute atomic E-state index is 11.3. The molecule has 0 fully saturated rings. The van der Waals surface area contributed by atoms with Crippen molar-refractivity contribution < 1.29 is 4.57 Å². The molecule has 1 aliphatic rings. The summed E-state index contributed by atoms with van der Waals surface area (Å²) >= 11 is 0. The highest BCUT2D eigenvalue weighted by molar-refractivity contribution is 7.67. The first kappa shape index (κ1) is 6.10. The minimum absolute atomic E-state index is 0.902. The highest BCUT2D eigenvalue weighted by atomic mass is 31.2. The van der Waals surface area contributed by atoms with E-state index in [2.05, 4.69) is 6.08 Å². The van der Waals surface area contributed by atoms with Crippen LogP contribution in [0.2, 0.25) is 0 Å². The Morgan fingerprint density at radius 3 is 2.50 bits per heavy atom. The van der Waals surface area contributed by atoms with Crippen molar-refractivity contribution in [2.24, 2.45) is 0 Å². The summed E-state index contributed by atoms with van der Waals surface area (Å²) in [5.74, 6) is 0. The Bertz CT molecular complexity index is 169. The number of hydrogen-bond acceptors (Lipinski definition) is 1. The minimum atomic E-state index is -1.77. The average Bonchev–Trinajstić information content (AvgIpc) is 1.86. The molecule has 0 aromatic heterocycles. The molecule has 1 nitrogen and oxygen atoms in total. The second-order valence-electron chi connectivity index (χ2n) is 2.46. The van der Waals surface area contributed by atoms with Crippen molar-refractivity contribution in [2.75, 3.05) is 12.8 Å². The molecule has 1 rings (SSSR count). The molecule has 0 spiro atoms. The van der Waals surface area contributed by atoms with Crippen molar-refractivity contribution in [2.45, 2.75) is 13.3 Å². The second-order valence-corrected chi connectivity index (χ2v) is 5.81. The number of rotatable bonds is 0. The van der Waals surface area contributed by atoms with Gasteiger partial charge in [-0.3, -0.25) is 0 Å². The van der Waals surface area contributed by atoms with Gasteiger partial charge >= 0.3 is 0 Å². The van der Waals surface area contributed by atoms with Crippen molar-refractivity contribution in [1.29, 1.82) is 0 Å². The van der Waals surface area contributed by atoms with Crippen LogP contribution in [-0.2, 0) is 4.57 Å². The molecule has 0 N–H and O–H groups in total. The van der Waals surface area contributed by atoms with Crippen molar-refractivity contribution in [3.8, 4) is 0 Å². The standard InChI is InChI=1S/C6H11OP/c1-6-4-3-5-8(6,2)7/h4H,3,5H2,1-2H3/t8-/m0/s1. The topological polar surface area (TPSA) is 17.1 Å². The summed E-state index contributed by atoms with van der Waals surface area (Å²) in [6, 6.07) is 0. The van der Waals surface area contributed by atoms with Crippen LogP contribution in [0.3, 0.4) is 0 Å². The molecule has 1 atom stereocenters. The van der Waals surface area contributed by atoms with E-state index in [4.69, 9.17) is 0 Å².